The Kier molecular flexibility index (Phi) is 4.71. The molecule has 5 heteroatoms. The summed E-state index contributed by atoms with van der Waals surface area (Å²) in [5.41, 5.74) is 2.00. The van der Waals surface area contributed by atoms with Gasteiger partial charge in [-0.05, 0) is 47.5 Å². The van der Waals surface area contributed by atoms with E-state index in [1.807, 2.05) is 54.6 Å². The van der Waals surface area contributed by atoms with E-state index < -0.39 is 5.97 Å². The second kappa shape index (κ2) is 6.75. The van der Waals surface area contributed by atoms with Crippen LogP contribution in [0.15, 0.2) is 60.7 Å². The molecule has 0 spiro atoms. The number of rotatable bonds is 4. The minimum atomic E-state index is -0.919. The van der Waals surface area contributed by atoms with Gasteiger partial charge in [-0.15, -0.1) is 11.3 Å². The second-order valence-corrected chi connectivity index (χ2v) is 7.04. The number of halogens is 2. The molecule has 0 radical (unpaired) electrons. The average Bonchev–Trinajstić information content (AvgIpc) is 2.97. The highest BCUT2D eigenvalue weighted by Crippen LogP contribution is 2.37. The number of benzene rings is 2. The fourth-order valence-corrected chi connectivity index (χ4v) is 3.92. The maximum Gasteiger partial charge on any atom is 0.345 e. The van der Waals surface area contributed by atoms with E-state index in [-0.39, 0.29) is 5.92 Å². The molecule has 0 bridgehead atoms. The summed E-state index contributed by atoms with van der Waals surface area (Å²) in [7, 11) is 0. The average molecular weight is 363 g/mol. The molecular formula is C18H12Cl2O2S. The molecule has 0 fully saturated rings. The van der Waals surface area contributed by atoms with Crippen LogP contribution in [0.2, 0.25) is 10.0 Å². The molecule has 3 rings (SSSR count). The van der Waals surface area contributed by atoms with Gasteiger partial charge in [-0.25, -0.2) is 4.79 Å². The maximum atomic E-state index is 11.2. The zero-order valence-corrected chi connectivity index (χ0v) is 14.2. The first-order valence-corrected chi connectivity index (χ1v) is 8.46. The van der Waals surface area contributed by atoms with Crippen molar-refractivity contribution in [2.75, 3.05) is 0 Å². The summed E-state index contributed by atoms with van der Waals surface area (Å²) in [5.74, 6) is -1.03. The van der Waals surface area contributed by atoms with Crippen LogP contribution in [0, 0.1) is 0 Å². The van der Waals surface area contributed by atoms with Gasteiger partial charge < -0.3 is 5.11 Å². The van der Waals surface area contributed by atoms with Crippen molar-refractivity contribution in [1.29, 1.82) is 0 Å². The van der Waals surface area contributed by atoms with E-state index in [0.717, 1.165) is 16.0 Å². The molecule has 0 unspecified atom stereocenters. The Morgan fingerprint density at radius 3 is 1.91 bits per heavy atom. The lowest BCUT2D eigenvalue weighted by atomic mass is 9.90. The summed E-state index contributed by atoms with van der Waals surface area (Å²) in [6.07, 6.45) is 0. The lowest BCUT2D eigenvalue weighted by molar-refractivity contribution is 0.0702. The third kappa shape index (κ3) is 3.58. The highest BCUT2D eigenvalue weighted by Gasteiger charge is 2.20. The van der Waals surface area contributed by atoms with Crippen molar-refractivity contribution in [3.8, 4) is 0 Å². The van der Waals surface area contributed by atoms with Crippen molar-refractivity contribution >= 4 is 40.5 Å². The number of carboxylic acids is 1. The molecule has 0 atom stereocenters. The molecule has 1 aromatic heterocycles. The molecule has 0 aliphatic carbocycles. The van der Waals surface area contributed by atoms with Crippen LogP contribution in [0.1, 0.15) is 31.6 Å². The Balaban J connectivity index is 2.14. The van der Waals surface area contributed by atoms with Crippen molar-refractivity contribution in [1.82, 2.24) is 0 Å². The van der Waals surface area contributed by atoms with Crippen molar-refractivity contribution in [3.05, 3.63) is 91.6 Å². The predicted octanol–water partition coefficient (Wildman–Crippen LogP) is 5.93. The largest absolute Gasteiger partial charge is 0.477 e. The van der Waals surface area contributed by atoms with E-state index in [1.54, 1.807) is 6.07 Å². The second-order valence-electron chi connectivity index (χ2n) is 5.05. The summed E-state index contributed by atoms with van der Waals surface area (Å²) in [4.78, 5) is 12.4. The van der Waals surface area contributed by atoms with Crippen LogP contribution in [0.3, 0.4) is 0 Å². The minimum Gasteiger partial charge on any atom is -0.477 e. The molecule has 23 heavy (non-hydrogen) atoms. The van der Waals surface area contributed by atoms with Gasteiger partial charge in [0.25, 0.3) is 0 Å². The van der Waals surface area contributed by atoms with E-state index in [4.69, 9.17) is 23.2 Å². The van der Waals surface area contributed by atoms with Crippen molar-refractivity contribution in [2.45, 2.75) is 5.92 Å². The zero-order chi connectivity index (χ0) is 16.4. The highest BCUT2D eigenvalue weighted by molar-refractivity contribution is 7.14. The van der Waals surface area contributed by atoms with E-state index in [1.165, 1.54) is 11.3 Å². The van der Waals surface area contributed by atoms with Crippen LogP contribution in [-0.4, -0.2) is 11.1 Å². The van der Waals surface area contributed by atoms with Crippen LogP contribution in [0.25, 0.3) is 0 Å². The molecule has 2 aromatic carbocycles. The molecule has 0 saturated heterocycles. The number of hydrogen-bond acceptors (Lipinski definition) is 2. The van der Waals surface area contributed by atoms with E-state index in [0.29, 0.717) is 14.9 Å². The molecule has 3 aromatic rings. The number of carbonyl (C=O) groups is 1. The Labute approximate surface area is 147 Å². The first-order chi connectivity index (χ1) is 11.0. The Morgan fingerprint density at radius 1 is 0.913 bits per heavy atom. The molecule has 1 heterocycles. The van der Waals surface area contributed by atoms with Crippen LogP contribution >= 0.6 is 34.5 Å². The van der Waals surface area contributed by atoms with Crippen LogP contribution in [-0.2, 0) is 0 Å². The standard InChI is InChI=1S/C18H12Cl2O2S/c19-13-5-1-3-11(9-13)17(12-4-2-6-14(20)10-12)15-7-8-16(23-15)18(21)22/h1-10,17H,(H,21,22). The minimum absolute atomic E-state index is 0.106. The summed E-state index contributed by atoms with van der Waals surface area (Å²) in [6, 6.07) is 18.6. The Bertz CT molecular complexity index is 812. The van der Waals surface area contributed by atoms with Gasteiger partial charge in [0, 0.05) is 20.8 Å². The van der Waals surface area contributed by atoms with Crippen molar-refractivity contribution in [2.24, 2.45) is 0 Å². The maximum absolute atomic E-state index is 11.2. The lowest BCUT2D eigenvalue weighted by Crippen LogP contribution is -2.01. The van der Waals surface area contributed by atoms with Gasteiger partial charge in [-0.2, -0.15) is 0 Å². The lowest BCUT2D eigenvalue weighted by Gasteiger charge is -2.17. The van der Waals surface area contributed by atoms with E-state index in [2.05, 4.69) is 0 Å². The summed E-state index contributed by atoms with van der Waals surface area (Å²) < 4.78 is 0. The van der Waals surface area contributed by atoms with Crippen LogP contribution < -0.4 is 0 Å². The summed E-state index contributed by atoms with van der Waals surface area (Å²) in [5, 5.41) is 10.5. The quantitative estimate of drug-likeness (QED) is 0.623. The summed E-state index contributed by atoms with van der Waals surface area (Å²) >= 11 is 13.5. The van der Waals surface area contributed by atoms with Gasteiger partial charge in [-0.3, -0.25) is 0 Å². The summed E-state index contributed by atoms with van der Waals surface area (Å²) in [6.45, 7) is 0. The topological polar surface area (TPSA) is 37.3 Å². The smallest absolute Gasteiger partial charge is 0.345 e. The monoisotopic (exact) mass is 362 g/mol. The Morgan fingerprint density at radius 2 is 1.48 bits per heavy atom. The molecule has 2 nitrogen and oxygen atoms in total. The highest BCUT2D eigenvalue weighted by atomic mass is 35.5. The molecule has 0 saturated carbocycles. The van der Waals surface area contributed by atoms with Crippen molar-refractivity contribution in [3.63, 3.8) is 0 Å². The first-order valence-electron chi connectivity index (χ1n) is 6.88. The number of aromatic carboxylic acids is 1. The van der Waals surface area contributed by atoms with Gasteiger partial charge in [0.2, 0.25) is 0 Å². The first kappa shape index (κ1) is 16.1. The molecule has 1 N–H and O–H groups in total. The van der Waals surface area contributed by atoms with Gasteiger partial charge in [0.15, 0.2) is 0 Å². The molecule has 0 amide bonds. The number of hydrogen-bond donors (Lipinski definition) is 1. The SMILES string of the molecule is O=C(O)c1ccc(C(c2cccc(Cl)c2)c2cccc(Cl)c2)s1. The fraction of sp³-hybridized carbons (Fsp3) is 0.0556. The predicted molar refractivity (Wildman–Crippen MR) is 95.1 cm³/mol. The normalized spacial score (nSPS) is 10.9. The third-order valence-corrected chi connectivity index (χ3v) is 5.09. The van der Waals surface area contributed by atoms with Gasteiger partial charge in [-0.1, -0.05) is 47.5 Å². The number of thiophene rings is 1. The molecular weight excluding hydrogens is 351 g/mol. The fourth-order valence-electron chi connectivity index (χ4n) is 2.52. The molecule has 0 aliphatic heterocycles. The van der Waals surface area contributed by atoms with Crippen LogP contribution in [0.5, 0.6) is 0 Å². The van der Waals surface area contributed by atoms with E-state index in [9.17, 15) is 9.90 Å². The third-order valence-electron chi connectivity index (χ3n) is 3.49. The zero-order valence-electron chi connectivity index (χ0n) is 11.9. The Hall–Kier alpha value is -1.81. The van der Waals surface area contributed by atoms with Gasteiger partial charge in [0.05, 0.1) is 0 Å². The molecule has 0 aliphatic rings. The van der Waals surface area contributed by atoms with E-state index >= 15 is 0 Å². The van der Waals surface area contributed by atoms with Crippen molar-refractivity contribution < 1.29 is 9.90 Å². The number of carboxylic acid groups (broad SMARTS) is 1. The van der Waals surface area contributed by atoms with Gasteiger partial charge >= 0.3 is 5.97 Å². The van der Waals surface area contributed by atoms with Gasteiger partial charge in [0.1, 0.15) is 4.88 Å². The molecule has 116 valence electrons. The van der Waals surface area contributed by atoms with Crippen LogP contribution in [0.4, 0.5) is 0 Å².